The summed E-state index contributed by atoms with van der Waals surface area (Å²) in [5, 5.41) is 10.2. The summed E-state index contributed by atoms with van der Waals surface area (Å²) in [4.78, 5) is 18.7. The quantitative estimate of drug-likeness (QED) is 0.841. The van der Waals surface area contributed by atoms with Gasteiger partial charge in [0.2, 0.25) is 0 Å². The van der Waals surface area contributed by atoms with E-state index in [-0.39, 0.29) is 0 Å². The molecule has 0 N–H and O–H groups in total. The number of nitriles is 1. The van der Waals surface area contributed by atoms with Crippen LogP contribution in [0.25, 0.3) is 0 Å². The molecule has 1 saturated heterocycles. The third-order valence-corrected chi connectivity index (χ3v) is 4.79. The van der Waals surface area contributed by atoms with Crippen LogP contribution >= 0.6 is 11.3 Å². The van der Waals surface area contributed by atoms with Crippen LogP contribution in [-0.2, 0) is 0 Å². The maximum atomic E-state index is 9.11. The van der Waals surface area contributed by atoms with Crippen LogP contribution in [0.4, 0.5) is 10.9 Å². The van der Waals surface area contributed by atoms with E-state index in [9.17, 15) is 0 Å². The normalized spacial score (nSPS) is 15.1. The van der Waals surface area contributed by atoms with Gasteiger partial charge in [0.05, 0.1) is 5.69 Å². The molecule has 21 heavy (non-hydrogen) atoms. The Bertz CT molecular complexity index is 662. The number of hydrogen-bond donors (Lipinski definition) is 0. The molecule has 2 aromatic heterocycles. The molecular weight excluding hydrogens is 284 g/mol. The molecule has 3 rings (SSSR count). The van der Waals surface area contributed by atoms with E-state index < -0.39 is 0 Å². The molecule has 0 spiro atoms. The van der Waals surface area contributed by atoms with Gasteiger partial charge in [-0.1, -0.05) is 0 Å². The zero-order valence-electron chi connectivity index (χ0n) is 12.1. The topological polar surface area (TPSA) is 68.9 Å². The zero-order valence-corrected chi connectivity index (χ0v) is 12.9. The molecule has 0 amide bonds. The molecule has 0 radical (unpaired) electrons. The Morgan fingerprint density at radius 2 is 1.76 bits per heavy atom. The van der Waals surface area contributed by atoms with Crippen LogP contribution < -0.4 is 9.80 Å². The predicted octanol–water partition coefficient (Wildman–Crippen LogP) is 1.75. The Morgan fingerprint density at radius 3 is 2.38 bits per heavy atom. The number of aryl methyl sites for hydroxylation is 2. The number of piperazine rings is 1. The molecule has 0 saturated carbocycles. The lowest BCUT2D eigenvalue weighted by molar-refractivity contribution is 0.644. The van der Waals surface area contributed by atoms with Gasteiger partial charge in [-0.15, -0.1) is 11.3 Å². The molecule has 0 aliphatic carbocycles. The number of nitrogens with zero attached hydrogens (tertiary/aromatic N) is 6. The van der Waals surface area contributed by atoms with Crippen LogP contribution in [0.1, 0.15) is 16.3 Å². The summed E-state index contributed by atoms with van der Waals surface area (Å²) in [6.07, 6.45) is 3.19. The zero-order chi connectivity index (χ0) is 14.8. The minimum Gasteiger partial charge on any atom is -0.351 e. The highest BCUT2D eigenvalue weighted by Crippen LogP contribution is 2.26. The first kappa shape index (κ1) is 13.8. The number of hydrogen-bond acceptors (Lipinski definition) is 7. The summed E-state index contributed by atoms with van der Waals surface area (Å²) < 4.78 is 0. The fraction of sp³-hybridized carbons (Fsp3) is 0.429. The van der Waals surface area contributed by atoms with E-state index in [1.807, 2.05) is 6.92 Å². The van der Waals surface area contributed by atoms with E-state index in [1.165, 1.54) is 4.88 Å². The first-order valence-corrected chi connectivity index (χ1v) is 7.65. The number of thiazole rings is 1. The van der Waals surface area contributed by atoms with Crippen LogP contribution in [0.5, 0.6) is 0 Å². The maximum Gasteiger partial charge on any atom is 0.185 e. The van der Waals surface area contributed by atoms with Crippen LogP contribution in [0.15, 0.2) is 12.4 Å². The van der Waals surface area contributed by atoms with E-state index in [0.717, 1.165) is 37.0 Å². The van der Waals surface area contributed by atoms with Gasteiger partial charge in [0.1, 0.15) is 6.07 Å². The minimum atomic E-state index is 0.395. The first-order chi connectivity index (χ1) is 10.2. The maximum absolute atomic E-state index is 9.11. The molecule has 1 aliphatic rings. The second-order valence-corrected chi connectivity index (χ2v) is 6.13. The average molecular weight is 300 g/mol. The second kappa shape index (κ2) is 5.66. The summed E-state index contributed by atoms with van der Waals surface area (Å²) in [6, 6.07) is 2.11. The number of rotatable bonds is 2. The van der Waals surface area contributed by atoms with Crippen molar-refractivity contribution < 1.29 is 0 Å². The number of anilines is 2. The van der Waals surface area contributed by atoms with Gasteiger partial charge in [-0.2, -0.15) is 5.26 Å². The van der Waals surface area contributed by atoms with Crippen molar-refractivity contribution in [3.05, 3.63) is 28.7 Å². The van der Waals surface area contributed by atoms with Crippen molar-refractivity contribution in [3.63, 3.8) is 0 Å². The van der Waals surface area contributed by atoms with Crippen molar-refractivity contribution in [3.8, 4) is 6.07 Å². The smallest absolute Gasteiger partial charge is 0.185 e. The van der Waals surface area contributed by atoms with Gasteiger partial charge in [-0.3, -0.25) is 0 Å². The van der Waals surface area contributed by atoms with Crippen molar-refractivity contribution in [2.24, 2.45) is 0 Å². The fourth-order valence-corrected chi connectivity index (χ4v) is 3.30. The molecule has 3 heterocycles. The SMILES string of the molecule is Cc1nc(N2CCN(c3nccnc3C#N)CC2)sc1C. The Hall–Kier alpha value is -2.20. The van der Waals surface area contributed by atoms with Gasteiger partial charge in [-0.25, -0.2) is 15.0 Å². The molecule has 0 atom stereocenters. The molecule has 1 aliphatic heterocycles. The molecule has 6 nitrogen and oxygen atoms in total. The molecular formula is C14H16N6S. The van der Waals surface area contributed by atoms with Gasteiger partial charge in [0.25, 0.3) is 0 Å². The van der Waals surface area contributed by atoms with E-state index in [2.05, 4.69) is 37.7 Å². The van der Waals surface area contributed by atoms with E-state index in [1.54, 1.807) is 23.7 Å². The predicted molar refractivity (Wildman–Crippen MR) is 82.8 cm³/mol. The van der Waals surface area contributed by atoms with Crippen molar-refractivity contribution >= 4 is 22.3 Å². The summed E-state index contributed by atoms with van der Waals surface area (Å²) in [5.74, 6) is 0.686. The first-order valence-electron chi connectivity index (χ1n) is 6.84. The highest BCUT2D eigenvalue weighted by Gasteiger charge is 2.22. The third kappa shape index (κ3) is 2.67. The third-order valence-electron chi connectivity index (χ3n) is 3.65. The van der Waals surface area contributed by atoms with Gasteiger partial charge in [0.15, 0.2) is 16.6 Å². The Labute approximate surface area is 127 Å². The fourth-order valence-electron chi connectivity index (χ4n) is 2.34. The van der Waals surface area contributed by atoms with Gasteiger partial charge in [-0.05, 0) is 13.8 Å². The molecule has 0 aromatic carbocycles. The average Bonchev–Trinajstić information content (AvgIpc) is 2.87. The highest BCUT2D eigenvalue weighted by atomic mass is 32.1. The molecule has 1 fully saturated rings. The Kier molecular flexibility index (Phi) is 3.71. The molecule has 108 valence electrons. The van der Waals surface area contributed by atoms with E-state index >= 15 is 0 Å². The van der Waals surface area contributed by atoms with Crippen LogP contribution in [0, 0.1) is 25.2 Å². The molecule has 7 heteroatoms. The lowest BCUT2D eigenvalue weighted by Gasteiger charge is -2.35. The van der Waals surface area contributed by atoms with Crippen LogP contribution in [-0.4, -0.2) is 41.1 Å². The second-order valence-electron chi connectivity index (χ2n) is 4.95. The van der Waals surface area contributed by atoms with Crippen LogP contribution in [0.2, 0.25) is 0 Å². The standard InChI is InChI=1S/C14H16N6S/c1-10-11(2)21-14(18-10)20-7-5-19(6-8-20)13-12(9-15)16-3-4-17-13/h3-4H,5-8H2,1-2H3. The minimum absolute atomic E-state index is 0.395. The summed E-state index contributed by atoms with van der Waals surface area (Å²) in [7, 11) is 0. The highest BCUT2D eigenvalue weighted by molar-refractivity contribution is 7.15. The Balaban J connectivity index is 1.72. The van der Waals surface area contributed by atoms with Gasteiger partial charge in [0, 0.05) is 43.4 Å². The van der Waals surface area contributed by atoms with E-state index in [4.69, 9.17) is 5.26 Å². The van der Waals surface area contributed by atoms with Crippen molar-refractivity contribution in [2.45, 2.75) is 13.8 Å². The Morgan fingerprint density at radius 1 is 1.10 bits per heavy atom. The monoisotopic (exact) mass is 300 g/mol. The lowest BCUT2D eigenvalue weighted by Crippen LogP contribution is -2.47. The summed E-state index contributed by atoms with van der Waals surface area (Å²) >= 11 is 1.74. The molecule has 0 unspecified atom stereocenters. The molecule has 2 aromatic rings. The lowest BCUT2D eigenvalue weighted by atomic mass is 10.3. The summed E-state index contributed by atoms with van der Waals surface area (Å²) in [5.41, 5.74) is 1.50. The van der Waals surface area contributed by atoms with Gasteiger partial charge < -0.3 is 9.80 Å². The number of aromatic nitrogens is 3. The molecule has 0 bridgehead atoms. The van der Waals surface area contributed by atoms with Crippen molar-refractivity contribution in [1.29, 1.82) is 5.26 Å². The van der Waals surface area contributed by atoms with Crippen molar-refractivity contribution in [1.82, 2.24) is 15.0 Å². The van der Waals surface area contributed by atoms with Crippen molar-refractivity contribution in [2.75, 3.05) is 36.0 Å². The van der Waals surface area contributed by atoms with Crippen LogP contribution in [0.3, 0.4) is 0 Å². The largest absolute Gasteiger partial charge is 0.351 e. The van der Waals surface area contributed by atoms with E-state index in [0.29, 0.717) is 11.5 Å². The van der Waals surface area contributed by atoms with Gasteiger partial charge >= 0.3 is 0 Å². The summed E-state index contributed by atoms with van der Waals surface area (Å²) in [6.45, 7) is 7.56.